The first-order valence-electron chi connectivity index (χ1n) is 5.74. The fraction of sp³-hybridized carbons (Fsp3) is 0.0714. The molecule has 0 fully saturated rings. The molecule has 0 unspecified atom stereocenters. The summed E-state index contributed by atoms with van der Waals surface area (Å²) >= 11 is 5.79. The molecule has 0 heterocycles. The van der Waals surface area contributed by atoms with Crippen LogP contribution in [0.5, 0.6) is 0 Å². The van der Waals surface area contributed by atoms with Crippen molar-refractivity contribution in [2.75, 3.05) is 10.7 Å². The van der Waals surface area contributed by atoms with Crippen LogP contribution in [0.1, 0.15) is 15.9 Å². The highest BCUT2D eigenvalue weighted by Crippen LogP contribution is 2.18. The van der Waals surface area contributed by atoms with Gasteiger partial charge in [0.1, 0.15) is 0 Å². The van der Waals surface area contributed by atoms with Crippen LogP contribution < -0.4 is 16.6 Å². The van der Waals surface area contributed by atoms with E-state index in [-0.39, 0.29) is 5.91 Å². The van der Waals surface area contributed by atoms with Crippen molar-refractivity contribution in [3.05, 3.63) is 58.6 Å². The van der Waals surface area contributed by atoms with E-state index in [1.165, 1.54) is 0 Å². The Labute approximate surface area is 116 Å². The molecule has 4 nitrogen and oxygen atoms in total. The van der Waals surface area contributed by atoms with E-state index in [0.717, 1.165) is 11.3 Å². The third kappa shape index (κ3) is 3.24. The Balaban J connectivity index is 2.18. The number of aryl methyl sites for hydroxylation is 1. The molecule has 0 atom stereocenters. The predicted octanol–water partition coefficient (Wildman–Crippen LogP) is 3.19. The summed E-state index contributed by atoms with van der Waals surface area (Å²) in [5.41, 5.74) is 5.49. The minimum Gasteiger partial charge on any atom is -0.324 e. The maximum atomic E-state index is 12.1. The van der Waals surface area contributed by atoms with Crippen LogP contribution in [0, 0.1) is 6.92 Å². The van der Waals surface area contributed by atoms with Crippen LogP contribution in [0.4, 0.5) is 11.4 Å². The van der Waals surface area contributed by atoms with E-state index in [1.807, 2.05) is 13.0 Å². The molecule has 98 valence electrons. The largest absolute Gasteiger partial charge is 0.324 e. The molecule has 0 saturated carbocycles. The van der Waals surface area contributed by atoms with Gasteiger partial charge in [0.25, 0.3) is 5.91 Å². The average Bonchev–Trinajstić information content (AvgIpc) is 2.42. The van der Waals surface area contributed by atoms with Gasteiger partial charge in [0.05, 0.1) is 5.69 Å². The fourth-order valence-electron chi connectivity index (χ4n) is 1.66. The zero-order valence-electron chi connectivity index (χ0n) is 10.4. The molecule has 0 aliphatic heterocycles. The smallest absolute Gasteiger partial charge is 0.255 e. The lowest BCUT2D eigenvalue weighted by molar-refractivity contribution is 0.102. The molecule has 1 amide bonds. The average molecular weight is 276 g/mol. The van der Waals surface area contributed by atoms with Crippen LogP contribution in [-0.2, 0) is 0 Å². The van der Waals surface area contributed by atoms with Crippen molar-refractivity contribution in [3.8, 4) is 0 Å². The van der Waals surface area contributed by atoms with Crippen LogP contribution in [-0.4, -0.2) is 5.91 Å². The summed E-state index contributed by atoms with van der Waals surface area (Å²) < 4.78 is 0. The van der Waals surface area contributed by atoms with Gasteiger partial charge in [-0.25, -0.2) is 0 Å². The lowest BCUT2D eigenvalue weighted by Gasteiger charge is -2.09. The Morgan fingerprint density at radius 3 is 2.47 bits per heavy atom. The number of carbonyl (C=O) groups is 1. The maximum absolute atomic E-state index is 12.1. The number of nitrogens with one attached hydrogen (secondary N) is 2. The van der Waals surface area contributed by atoms with Crippen LogP contribution >= 0.6 is 11.6 Å². The molecule has 2 aromatic carbocycles. The molecule has 0 aromatic heterocycles. The van der Waals surface area contributed by atoms with Gasteiger partial charge in [-0.15, -0.1) is 0 Å². The van der Waals surface area contributed by atoms with Crippen molar-refractivity contribution in [1.29, 1.82) is 0 Å². The highest BCUT2D eigenvalue weighted by atomic mass is 35.5. The minimum absolute atomic E-state index is 0.196. The number of amides is 1. The first-order chi connectivity index (χ1) is 9.10. The van der Waals surface area contributed by atoms with Crippen molar-refractivity contribution in [1.82, 2.24) is 0 Å². The van der Waals surface area contributed by atoms with Crippen molar-refractivity contribution in [3.63, 3.8) is 0 Å². The Morgan fingerprint density at radius 1 is 1.16 bits per heavy atom. The summed E-state index contributed by atoms with van der Waals surface area (Å²) in [5, 5.41) is 3.42. The molecule has 0 bridgehead atoms. The van der Waals surface area contributed by atoms with Gasteiger partial charge in [-0.05, 0) is 48.9 Å². The quantitative estimate of drug-likeness (QED) is 0.595. The van der Waals surface area contributed by atoms with Crippen LogP contribution in [0.15, 0.2) is 42.5 Å². The normalized spacial score (nSPS) is 10.1. The number of anilines is 2. The van der Waals surface area contributed by atoms with Gasteiger partial charge in [-0.2, -0.15) is 0 Å². The highest BCUT2D eigenvalue weighted by Gasteiger charge is 2.08. The second-order valence-corrected chi connectivity index (χ2v) is 4.57. The minimum atomic E-state index is -0.196. The van der Waals surface area contributed by atoms with Crippen LogP contribution in [0.25, 0.3) is 0 Å². The molecule has 19 heavy (non-hydrogen) atoms. The molecular formula is C14H14ClN3O. The van der Waals surface area contributed by atoms with Crippen molar-refractivity contribution in [2.45, 2.75) is 6.92 Å². The van der Waals surface area contributed by atoms with Crippen molar-refractivity contribution >= 4 is 28.9 Å². The van der Waals surface area contributed by atoms with E-state index in [0.29, 0.717) is 16.3 Å². The van der Waals surface area contributed by atoms with E-state index in [1.54, 1.807) is 36.4 Å². The molecule has 0 radical (unpaired) electrons. The number of hydrogen-bond acceptors (Lipinski definition) is 3. The summed E-state index contributed by atoms with van der Waals surface area (Å²) in [5.74, 6) is 5.20. The van der Waals surface area contributed by atoms with E-state index in [2.05, 4.69) is 10.7 Å². The zero-order chi connectivity index (χ0) is 13.8. The van der Waals surface area contributed by atoms with Gasteiger partial charge in [0.15, 0.2) is 0 Å². The molecule has 0 spiro atoms. The predicted molar refractivity (Wildman–Crippen MR) is 78.4 cm³/mol. The third-order valence-corrected chi connectivity index (χ3v) is 3.01. The van der Waals surface area contributed by atoms with Gasteiger partial charge >= 0.3 is 0 Å². The monoisotopic (exact) mass is 275 g/mol. The van der Waals surface area contributed by atoms with E-state index in [9.17, 15) is 4.79 Å². The number of carbonyl (C=O) groups excluding carboxylic acids is 1. The molecule has 0 aliphatic rings. The van der Waals surface area contributed by atoms with Crippen molar-refractivity contribution < 1.29 is 4.79 Å². The van der Waals surface area contributed by atoms with Gasteiger partial charge < -0.3 is 10.7 Å². The number of rotatable bonds is 3. The number of benzene rings is 2. The number of halogens is 1. The van der Waals surface area contributed by atoms with E-state index < -0.39 is 0 Å². The van der Waals surface area contributed by atoms with E-state index in [4.69, 9.17) is 17.4 Å². The summed E-state index contributed by atoms with van der Waals surface area (Å²) in [4.78, 5) is 12.1. The number of hydrogen-bond donors (Lipinski definition) is 3. The second kappa shape index (κ2) is 5.73. The first kappa shape index (κ1) is 13.4. The molecule has 0 saturated heterocycles. The first-order valence-corrected chi connectivity index (χ1v) is 6.12. The van der Waals surface area contributed by atoms with Gasteiger partial charge in [-0.1, -0.05) is 17.7 Å². The number of nitrogen functional groups attached to an aromatic ring is 1. The molecule has 2 aromatic rings. The molecular weight excluding hydrogens is 262 g/mol. The van der Waals surface area contributed by atoms with Gasteiger partial charge in [-0.3, -0.25) is 10.6 Å². The lowest BCUT2D eigenvalue weighted by atomic mass is 10.1. The third-order valence-electron chi connectivity index (χ3n) is 2.76. The fourth-order valence-corrected chi connectivity index (χ4v) is 1.78. The van der Waals surface area contributed by atoms with E-state index >= 15 is 0 Å². The van der Waals surface area contributed by atoms with Crippen molar-refractivity contribution in [2.24, 2.45) is 5.84 Å². The Kier molecular flexibility index (Phi) is 4.04. The summed E-state index contributed by atoms with van der Waals surface area (Å²) in [6, 6.07) is 12.2. The lowest BCUT2D eigenvalue weighted by Crippen LogP contribution is -2.14. The highest BCUT2D eigenvalue weighted by molar-refractivity contribution is 6.30. The number of hydrazine groups is 1. The zero-order valence-corrected chi connectivity index (χ0v) is 11.2. The number of nitrogens with two attached hydrogens (primary N) is 1. The summed E-state index contributed by atoms with van der Waals surface area (Å²) in [7, 11) is 0. The SMILES string of the molecule is Cc1ccc(C(=O)Nc2ccc(Cl)cc2)cc1NN. The Hall–Kier alpha value is -2.04. The summed E-state index contributed by atoms with van der Waals surface area (Å²) in [6.07, 6.45) is 0. The van der Waals surface area contributed by atoms with Crippen LogP contribution in [0.2, 0.25) is 5.02 Å². The summed E-state index contributed by atoms with van der Waals surface area (Å²) in [6.45, 7) is 1.91. The Morgan fingerprint density at radius 2 is 1.84 bits per heavy atom. The second-order valence-electron chi connectivity index (χ2n) is 4.14. The standard InChI is InChI=1S/C14H14ClN3O/c1-9-2-3-10(8-13(9)18-16)14(19)17-12-6-4-11(15)5-7-12/h2-8,18H,16H2,1H3,(H,17,19). The molecule has 0 aliphatic carbocycles. The van der Waals surface area contributed by atoms with Crippen LogP contribution in [0.3, 0.4) is 0 Å². The van der Waals surface area contributed by atoms with Gasteiger partial charge in [0.2, 0.25) is 0 Å². The van der Waals surface area contributed by atoms with Gasteiger partial charge in [0, 0.05) is 16.3 Å². The molecule has 5 heteroatoms. The Bertz CT molecular complexity index is 596. The molecule has 4 N–H and O–H groups in total. The maximum Gasteiger partial charge on any atom is 0.255 e. The topological polar surface area (TPSA) is 67.2 Å². The molecule has 2 rings (SSSR count).